The second kappa shape index (κ2) is 5.14. The normalized spacial score (nSPS) is 18.4. The topological polar surface area (TPSA) is 66.3 Å². The van der Waals surface area contributed by atoms with Crippen LogP contribution >= 0.6 is 22.9 Å². The lowest BCUT2D eigenvalue weighted by Gasteiger charge is -2.32. The molecule has 1 aliphatic heterocycles. The molecule has 20 heavy (non-hydrogen) atoms. The molecule has 0 aromatic carbocycles. The molecule has 0 bridgehead atoms. The molecule has 0 fully saturated rings. The zero-order chi connectivity index (χ0) is 14.3. The summed E-state index contributed by atoms with van der Waals surface area (Å²) in [7, 11) is 0. The van der Waals surface area contributed by atoms with E-state index >= 15 is 0 Å². The lowest BCUT2D eigenvalue weighted by atomic mass is 10.0. The Balaban J connectivity index is 1.98. The minimum absolute atomic E-state index is 0.254. The molecular formula is C13H15N3O2S2. The number of aliphatic carboxylic acids is 1. The third-order valence-electron chi connectivity index (χ3n) is 3.39. The Morgan fingerprint density at radius 2 is 2.35 bits per heavy atom. The molecule has 5 nitrogen and oxygen atoms in total. The van der Waals surface area contributed by atoms with Crippen LogP contribution in [0.15, 0.2) is 11.4 Å². The van der Waals surface area contributed by atoms with Gasteiger partial charge in [-0.15, -0.1) is 11.3 Å². The van der Waals surface area contributed by atoms with Gasteiger partial charge in [-0.1, -0.05) is 13.8 Å². The second-order valence-corrected chi connectivity index (χ2v) is 6.80. The van der Waals surface area contributed by atoms with Crippen molar-refractivity contribution >= 4 is 34.0 Å². The van der Waals surface area contributed by atoms with Crippen molar-refractivity contribution in [1.29, 1.82) is 0 Å². The van der Waals surface area contributed by atoms with E-state index in [0.29, 0.717) is 11.7 Å². The fraction of sp³-hybridized carbons (Fsp3) is 0.462. The zero-order valence-electron chi connectivity index (χ0n) is 11.2. The molecule has 0 spiro atoms. The predicted octanol–water partition coefficient (Wildman–Crippen LogP) is 2.91. The van der Waals surface area contributed by atoms with E-state index in [4.69, 9.17) is 0 Å². The highest BCUT2D eigenvalue weighted by Gasteiger charge is 2.35. The molecule has 2 aromatic rings. The summed E-state index contributed by atoms with van der Waals surface area (Å²) >= 11 is 2.92. The molecule has 1 atom stereocenters. The van der Waals surface area contributed by atoms with Gasteiger partial charge in [0.25, 0.3) is 0 Å². The van der Waals surface area contributed by atoms with Crippen molar-refractivity contribution in [3.05, 3.63) is 27.7 Å². The number of anilines is 1. The number of nitrogens with zero attached hydrogens (tertiary/aromatic N) is 3. The van der Waals surface area contributed by atoms with Crippen molar-refractivity contribution in [3.63, 3.8) is 0 Å². The number of carboxylic acid groups (broad SMARTS) is 1. The average molecular weight is 309 g/mol. The van der Waals surface area contributed by atoms with Crippen molar-refractivity contribution in [1.82, 2.24) is 9.36 Å². The Hall–Kier alpha value is -1.47. The highest BCUT2D eigenvalue weighted by Crippen LogP contribution is 2.37. The first kappa shape index (κ1) is 13.5. The quantitative estimate of drug-likeness (QED) is 0.944. The summed E-state index contributed by atoms with van der Waals surface area (Å²) in [5.74, 6) is 0.209. The van der Waals surface area contributed by atoms with E-state index < -0.39 is 12.0 Å². The molecule has 0 radical (unpaired) electrons. The van der Waals surface area contributed by atoms with Crippen LogP contribution in [0.5, 0.6) is 0 Å². The molecule has 3 heterocycles. The van der Waals surface area contributed by atoms with Crippen LogP contribution in [0.3, 0.4) is 0 Å². The van der Waals surface area contributed by atoms with Crippen molar-refractivity contribution in [2.24, 2.45) is 0 Å². The summed E-state index contributed by atoms with van der Waals surface area (Å²) < 4.78 is 4.33. The predicted molar refractivity (Wildman–Crippen MR) is 79.7 cm³/mol. The van der Waals surface area contributed by atoms with Crippen LogP contribution in [0.25, 0.3) is 0 Å². The smallest absolute Gasteiger partial charge is 0.331 e. The Kier molecular flexibility index (Phi) is 3.47. The number of carboxylic acids is 1. The first-order valence-corrected chi connectivity index (χ1v) is 8.12. The molecule has 106 valence electrons. The van der Waals surface area contributed by atoms with Crippen LogP contribution in [0.2, 0.25) is 0 Å². The molecule has 1 unspecified atom stereocenters. The first-order chi connectivity index (χ1) is 9.58. The Morgan fingerprint density at radius 3 is 3.00 bits per heavy atom. The van der Waals surface area contributed by atoms with Gasteiger partial charge in [-0.25, -0.2) is 9.78 Å². The standard InChI is InChI=1S/C13H15N3O2S2/c1-7(2)11-14-13(20-15-11)16-5-3-9-8(4-6-19-9)10(16)12(17)18/h4,6-7,10H,3,5H2,1-2H3,(H,17,18). The van der Waals surface area contributed by atoms with Crippen molar-refractivity contribution < 1.29 is 9.90 Å². The molecule has 0 saturated carbocycles. The fourth-order valence-corrected chi connectivity index (χ4v) is 4.13. The van der Waals surface area contributed by atoms with E-state index in [2.05, 4.69) is 9.36 Å². The molecule has 0 amide bonds. The number of aromatic nitrogens is 2. The molecular weight excluding hydrogens is 294 g/mol. The summed E-state index contributed by atoms with van der Waals surface area (Å²) in [4.78, 5) is 19.2. The van der Waals surface area contributed by atoms with E-state index in [9.17, 15) is 9.90 Å². The van der Waals surface area contributed by atoms with Gasteiger partial charge in [0.15, 0.2) is 6.04 Å². The van der Waals surface area contributed by atoms with Gasteiger partial charge in [0, 0.05) is 28.9 Å². The maximum atomic E-state index is 11.7. The maximum Gasteiger partial charge on any atom is 0.331 e. The number of hydrogen-bond acceptors (Lipinski definition) is 6. The highest BCUT2D eigenvalue weighted by atomic mass is 32.1. The number of hydrogen-bond donors (Lipinski definition) is 1. The van der Waals surface area contributed by atoms with E-state index in [0.717, 1.165) is 17.8 Å². The van der Waals surface area contributed by atoms with E-state index in [1.165, 1.54) is 16.4 Å². The lowest BCUT2D eigenvalue weighted by molar-refractivity contribution is -0.138. The zero-order valence-corrected chi connectivity index (χ0v) is 12.9. The minimum Gasteiger partial charge on any atom is -0.479 e. The summed E-state index contributed by atoms with van der Waals surface area (Å²) in [6.45, 7) is 4.75. The molecule has 1 aliphatic rings. The third kappa shape index (κ3) is 2.20. The number of rotatable bonds is 3. The molecule has 3 rings (SSSR count). The lowest BCUT2D eigenvalue weighted by Crippen LogP contribution is -2.39. The summed E-state index contributed by atoms with van der Waals surface area (Å²) in [6.07, 6.45) is 0.868. The van der Waals surface area contributed by atoms with Gasteiger partial charge in [-0.2, -0.15) is 4.37 Å². The monoisotopic (exact) mass is 309 g/mol. The third-order valence-corrected chi connectivity index (χ3v) is 5.16. The van der Waals surface area contributed by atoms with Crippen LogP contribution < -0.4 is 4.90 Å². The molecule has 0 aliphatic carbocycles. The van der Waals surface area contributed by atoms with Crippen LogP contribution in [-0.4, -0.2) is 27.0 Å². The van der Waals surface area contributed by atoms with Crippen molar-refractivity contribution in [2.45, 2.75) is 32.2 Å². The minimum atomic E-state index is -0.828. The van der Waals surface area contributed by atoms with Crippen LogP contribution in [0, 0.1) is 0 Å². The Labute approximate surface area is 125 Å². The van der Waals surface area contributed by atoms with E-state index in [1.54, 1.807) is 11.3 Å². The highest BCUT2D eigenvalue weighted by molar-refractivity contribution is 7.10. The van der Waals surface area contributed by atoms with Crippen molar-refractivity contribution in [2.75, 3.05) is 11.4 Å². The number of carbonyl (C=O) groups is 1. The van der Waals surface area contributed by atoms with Gasteiger partial charge in [-0.05, 0) is 23.4 Å². The maximum absolute atomic E-state index is 11.7. The van der Waals surface area contributed by atoms with Gasteiger partial charge in [0.1, 0.15) is 5.82 Å². The van der Waals surface area contributed by atoms with Crippen molar-refractivity contribution in [3.8, 4) is 0 Å². The summed E-state index contributed by atoms with van der Waals surface area (Å²) in [6, 6.07) is 1.27. The van der Waals surface area contributed by atoms with Gasteiger partial charge < -0.3 is 10.0 Å². The first-order valence-electron chi connectivity index (χ1n) is 6.47. The number of fused-ring (bicyclic) bond motifs is 1. The molecule has 1 N–H and O–H groups in total. The Morgan fingerprint density at radius 1 is 1.55 bits per heavy atom. The van der Waals surface area contributed by atoms with Gasteiger partial charge >= 0.3 is 5.97 Å². The van der Waals surface area contributed by atoms with Crippen LogP contribution in [0.1, 0.15) is 42.1 Å². The van der Waals surface area contributed by atoms with Gasteiger partial charge in [0.2, 0.25) is 5.13 Å². The summed E-state index contributed by atoms with van der Waals surface area (Å²) in [5.41, 5.74) is 0.898. The average Bonchev–Trinajstić information content (AvgIpc) is 3.05. The molecule has 0 saturated heterocycles. The van der Waals surface area contributed by atoms with E-state index in [-0.39, 0.29) is 5.92 Å². The van der Waals surface area contributed by atoms with E-state index in [1.807, 2.05) is 30.2 Å². The molecule has 2 aromatic heterocycles. The fourth-order valence-electron chi connectivity index (χ4n) is 2.37. The molecule has 7 heteroatoms. The SMILES string of the molecule is CC(C)c1nsc(N2CCc3sccc3C2C(=O)O)n1. The van der Waals surface area contributed by atoms with Crippen LogP contribution in [-0.2, 0) is 11.2 Å². The van der Waals surface area contributed by atoms with Crippen LogP contribution in [0.4, 0.5) is 5.13 Å². The largest absolute Gasteiger partial charge is 0.479 e. The van der Waals surface area contributed by atoms with Gasteiger partial charge in [0.05, 0.1) is 0 Å². The van der Waals surface area contributed by atoms with Gasteiger partial charge in [-0.3, -0.25) is 0 Å². The second-order valence-electron chi connectivity index (χ2n) is 5.07. The number of thiophene rings is 1. The Bertz CT molecular complexity index is 635. The summed E-state index contributed by atoms with van der Waals surface area (Å²) in [5, 5.41) is 12.2.